The van der Waals surface area contributed by atoms with Crippen LogP contribution in [0.3, 0.4) is 0 Å². The van der Waals surface area contributed by atoms with E-state index < -0.39 is 36.4 Å². The molecule has 14 heteroatoms. The first kappa shape index (κ1) is 32.2. The van der Waals surface area contributed by atoms with Gasteiger partial charge in [-0.05, 0) is 30.9 Å². The van der Waals surface area contributed by atoms with Gasteiger partial charge < -0.3 is 41.1 Å². The number of benzene rings is 2. The molecular formula is C33H40N8O6. The van der Waals surface area contributed by atoms with Gasteiger partial charge in [0.15, 0.2) is 23.5 Å². The van der Waals surface area contributed by atoms with Crippen molar-refractivity contribution in [3.63, 3.8) is 0 Å². The van der Waals surface area contributed by atoms with E-state index in [-0.39, 0.29) is 30.4 Å². The molecule has 1 aliphatic carbocycles. The first-order valence-electron chi connectivity index (χ1n) is 15.9. The number of imidazole rings is 1. The van der Waals surface area contributed by atoms with Crippen molar-refractivity contribution in [2.45, 2.75) is 69.1 Å². The number of ether oxygens (including phenoxy) is 1. The summed E-state index contributed by atoms with van der Waals surface area (Å²) in [6, 6.07) is 19.5. The van der Waals surface area contributed by atoms with Crippen LogP contribution in [-0.2, 0) is 14.3 Å². The molecule has 4 aromatic rings. The predicted molar refractivity (Wildman–Crippen MR) is 174 cm³/mol. The van der Waals surface area contributed by atoms with Crippen molar-refractivity contribution in [2.24, 2.45) is 0 Å². The Morgan fingerprint density at radius 2 is 1.68 bits per heavy atom. The van der Waals surface area contributed by atoms with Gasteiger partial charge in [-0.3, -0.25) is 9.59 Å². The van der Waals surface area contributed by atoms with E-state index in [0.717, 1.165) is 11.1 Å². The van der Waals surface area contributed by atoms with Gasteiger partial charge in [0.1, 0.15) is 12.4 Å². The van der Waals surface area contributed by atoms with Crippen molar-refractivity contribution in [3.8, 4) is 0 Å². The summed E-state index contributed by atoms with van der Waals surface area (Å²) in [4.78, 5) is 44.1. The fourth-order valence-electron chi connectivity index (χ4n) is 6.20. The van der Waals surface area contributed by atoms with E-state index in [1.165, 1.54) is 18.0 Å². The SMILES string of the molecule is CCNC(=O)[C@H]1OC[C@H](On2cnc3c(NCC(c4ccccc4)c4ccccc4)nc(NC4CCC(NC(C)=O)C4O)nc32)[C@@H]1O. The molecule has 0 bridgehead atoms. The van der Waals surface area contributed by atoms with E-state index in [4.69, 9.17) is 14.6 Å². The Hall–Kier alpha value is -4.79. The average Bonchev–Trinajstić information content (AvgIpc) is 3.75. The number of fused-ring (bicyclic) bond motifs is 1. The molecule has 1 aliphatic heterocycles. The molecule has 248 valence electrons. The highest BCUT2D eigenvalue weighted by Gasteiger charge is 2.43. The number of carbonyl (C=O) groups is 2. The van der Waals surface area contributed by atoms with Crippen LogP contribution < -0.4 is 26.1 Å². The molecule has 2 aromatic heterocycles. The molecule has 6 rings (SSSR count). The van der Waals surface area contributed by atoms with E-state index in [1.807, 2.05) is 36.4 Å². The number of aliphatic hydroxyl groups is 2. The molecule has 2 aromatic carbocycles. The number of aromatic nitrogens is 4. The normalized spacial score (nSPS) is 23.9. The lowest BCUT2D eigenvalue weighted by molar-refractivity contribution is -0.134. The minimum absolute atomic E-state index is 0.00999. The van der Waals surface area contributed by atoms with Crippen molar-refractivity contribution in [3.05, 3.63) is 78.1 Å². The molecule has 1 saturated heterocycles. The first-order chi connectivity index (χ1) is 22.8. The van der Waals surface area contributed by atoms with E-state index in [1.54, 1.807) is 6.92 Å². The van der Waals surface area contributed by atoms with Gasteiger partial charge in [0, 0.05) is 25.9 Å². The number of hydrogen-bond acceptors (Lipinski definition) is 11. The number of nitrogens with one attached hydrogen (secondary N) is 4. The minimum atomic E-state index is -1.21. The largest absolute Gasteiger partial charge is 0.402 e. The minimum Gasteiger partial charge on any atom is -0.402 e. The predicted octanol–water partition coefficient (Wildman–Crippen LogP) is 1.20. The second kappa shape index (κ2) is 14.3. The van der Waals surface area contributed by atoms with Crippen LogP contribution in [0.25, 0.3) is 11.2 Å². The number of aliphatic hydroxyl groups excluding tert-OH is 2. The molecule has 0 spiro atoms. The van der Waals surface area contributed by atoms with E-state index in [9.17, 15) is 19.8 Å². The standard InChI is InChI=1S/C33H40N8O6/c1-3-34-32(45)29-28(44)25(17-46-29)47-41-18-36-26-30(35-16-22(20-10-6-4-7-11-20)21-12-8-5-9-13-21)39-33(40-31(26)41)38-24-15-14-23(27(24)43)37-19(2)42/h4-13,18,22-25,27-29,43-44H,3,14-17H2,1-2H3,(H,34,45)(H,37,42)(H2,35,38,39,40)/t23?,24?,25-,27?,28-,29-/m0/s1. The molecule has 3 heterocycles. The van der Waals surface area contributed by atoms with Crippen molar-refractivity contribution in [1.82, 2.24) is 30.3 Å². The third kappa shape index (κ3) is 7.14. The first-order valence-corrected chi connectivity index (χ1v) is 15.9. The molecule has 14 nitrogen and oxygen atoms in total. The summed E-state index contributed by atoms with van der Waals surface area (Å²) in [5.41, 5.74) is 2.98. The summed E-state index contributed by atoms with van der Waals surface area (Å²) in [6.45, 7) is 4.08. The van der Waals surface area contributed by atoms with E-state index in [0.29, 0.717) is 42.9 Å². The Bertz CT molecular complexity index is 1630. The quantitative estimate of drug-likeness (QED) is 0.130. The lowest BCUT2D eigenvalue weighted by Crippen LogP contribution is -2.45. The van der Waals surface area contributed by atoms with Crippen LogP contribution in [0.4, 0.5) is 11.8 Å². The zero-order chi connectivity index (χ0) is 32.9. The maximum atomic E-state index is 12.4. The number of amides is 2. The summed E-state index contributed by atoms with van der Waals surface area (Å²) in [6.07, 6.45) is -1.38. The van der Waals surface area contributed by atoms with E-state index in [2.05, 4.69) is 55.5 Å². The molecule has 0 radical (unpaired) electrons. The van der Waals surface area contributed by atoms with Crippen molar-refractivity contribution < 1.29 is 29.4 Å². The van der Waals surface area contributed by atoms with Crippen LogP contribution in [0.2, 0.25) is 0 Å². The zero-order valence-corrected chi connectivity index (χ0v) is 26.2. The highest BCUT2D eigenvalue weighted by Crippen LogP contribution is 2.29. The molecule has 47 heavy (non-hydrogen) atoms. The molecule has 2 fully saturated rings. The zero-order valence-electron chi connectivity index (χ0n) is 26.2. The van der Waals surface area contributed by atoms with Crippen molar-refractivity contribution in [1.29, 1.82) is 0 Å². The van der Waals surface area contributed by atoms with Gasteiger partial charge in [0.2, 0.25) is 17.5 Å². The van der Waals surface area contributed by atoms with Crippen LogP contribution >= 0.6 is 0 Å². The molecule has 1 saturated carbocycles. The van der Waals surface area contributed by atoms with Crippen LogP contribution in [0.5, 0.6) is 0 Å². The third-order valence-corrected chi connectivity index (χ3v) is 8.55. The summed E-state index contributed by atoms with van der Waals surface area (Å²) in [5, 5.41) is 34.0. The monoisotopic (exact) mass is 644 g/mol. The Morgan fingerprint density at radius 3 is 2.34 bits per heavy atom. The number of hydrogen-bond donors (Lipinski definition) is 6. The lowest BCUT2D eigenvalue weighted by Gasteiger charge is -2.22. The Morgan fingerprint density at radius 1 is 1.00 bits per heavy atom. The maximum Gasteiger partial charge on any atom is 0.251 e. The topological polar surface area (TPSA) is 185 Å². The number of anilines is 2. The number of rotatable bonds is 12. The Labute approximate surface area is 271 Å². The van der Waals surface area contributed by atoms with Gasteiger partial charge in [-0.1, -0.05) is 60.7 Å². The molecule has 2 amide bonds. The van der Waals surface area contributed by atoms with Crippen LogP contribution in [0.15, 0.2) is 67.0 Å². The summed E-state index contributed by atoms with van der Waals surface area (Å²) in [7, 11) is 0. The van der Waals surface area contributed by atoms with E-state index >= 15 is 0 Å². The third-order valence-electron chi connectivity index (χ3n) is 8.55. The van der Waals surface area contributed by atoms with Crippen LogP contribution in [-0.4, -0.2) is 97.9 Å². The molecular weight excluding hydrogens is 604 g/mol. The van der Waals surface area contributed by atoms with Gasteiger partial charge in [-0.15, -0.1) is 0 Å². The van der Waals surface area contributed by atoms with Crippen LogP contribution in [0.1, 0.15) is 43.7 Å². The highest BCUT2D eigenvalue weighted by atomic mass is 16.7. The van der Waals surface area contributed by atoms with Crippen molar-refractivity contribution >= 4 is 34.7 Å². The van der Waals surface area contributed by atoms with Gasteiger partial charge in [-0.25, -0.2) is 4.98 Å². The summed E-state index contributed by atoms with van der Waals surface area (Å²) in [5.74, 6) is 0.0206. The smallest absolute Gasteiger partial charge is 0.251 e. The average molecular weight is 645 g/mol. The summed E-state index contributed by atoms with van der Waals surface area (Å²) >= 11 is 0. The van der Waals surface area contributed by atoms with Gasteiger partial charge in [-0.2, -0.15) is 14.7 Å². The molecule has 6 N–H and O–H groups in total. The fourth-order valence-corrected chi connectivity index (χ4v) is 6.20. The molecule has 3 unspecified atom stereocenters. The highest BCUT2D eigenvalue weighted by molar-refractivity contribution is 5.84. The van der Waals surface area contributed by atoms with Crippen LogP contribution in [0, 0.1) is 0 Å². The van der Waals surface area contributed by atoms with Crippen molar-refractivity contribution in [2.75, 3.05) is 30.3 Å². The number of carbonyl (C=O) groups excluding carboxylic acids is 2. The number of likely N-dealkylation sites (N-methyl/N-ethyl adjacent to an activating group) is 1. The number of nitrogens with zero attached hydrogens (tertiary/aromatic N) is 4. The maximum absolute atomic E-state index is 12.4. The van der Waals surface area contributed by atoms with Gasteiger partial charge >= 0.3 is 0 Å². The lowest BCUT2D eigenvalue weighted by atomic mass is 9.91. The fraction of sp³-hybridized carbons (Fsp3) is 0.424. The van der Waals surface area contributed by atoms with Gasteiger partial charge in [0.05, 0.1) is 24.8 Å². The Kier molecular flexibility index (Phi) is 9.80. The summed E-state index contributed by atoms with van der Waals surface area (Å²) < 4.78 is 6.89. The van der Waals surface area contributed by atoms with Gasteiger partial charge in [0.25, 0.3) is 5.91 Å². The molecule has 6 atom stereocenters. The second-order valence-electron chi connectivity index (χ2n) is 11.8. The Balaban J connectivity index is 1.30. The second-order valence-corrected chi connectivity index (χ2v) is 11.8. The molecule has 2 aliphatic rings.